The van der Waals surface area contributed by atoms with E-state index in [9.17, 15) is 4.79 Å². The van der Waals surface area contributed by atoms with Gasteiger partial charge in [0.25, 0.3) is 0 Å². The summed E-state index contributed by atoms with van der Waals surface area (Å²) in [5, 5.41) is 0. The van der Waals surface area contributed by atoms with Crippen LogP contribution in [0, 0.1) is 0 Å². The molecule has 0 amide bonds. The maximum atomic E-state index is 10.1. The van der Waals surface area contributed by atoms with Crippen LogP contribution in [0.25, 0.3) is 0 Å². The van der Waals surface area contributed by atoms with E-state index < -0.39 is 0 Å². The third kappa shape index (κ3) is 5.09. The van der Waals surface area contributed by atoms with Gasteiger partial charge in [-0.3, -0.25) is 4.79 Å². The Morgan fingerprint density at radius 3 is 2.40 bits per heavy atom. The molecule has 0 aliphatic carbocycles. The fourth-order valence-electron chi connectivity index (χ4n) is 0.406. The highest BCUT2D eigenvalue weighted by Crippen LogP contribution is 1.87. The van der Waals surface area contributed by atoms with Gasteiger partial charge in [-0.25, -0.2) is 0 Å². The summed E-state index contributed by atoms with van der Waals surface area (Å²) in [5.74, 6) is 0. The van der Waals surface area contributed by atoms with Crippen molar-refractivity contribution in [1.29, 1.82) is 0 Å². The van der Waals surface area contributed by atoms with Gasteiger partial charge < -0.3 is 4.90 Å². The lowest BCUT2D eigenvalue weighted by Gasteiger charge is -2.00. The Morgan fingerprint density at radius 2 is 2.00 bits per heavy atom. The molecule has 0 fully saturated rings. The van der Waals surface area contributed by atoms with E-state index in [0.717, 1.165) is 11.9 Å². The van der Waals surface area contributed by atoms with E-state index in [2.05, 4.69) is 0 Å². The minimum absolute atomic E-state index is 0.734. The molecule has 0 aromatic heterocycles. The summed E-state index contributed by atoms with van der Waals surface area (Å²) in [6, 6.07) is 0. The molecule has 0 aromatic carbocycles. The van der Waals surface area contributed by atoms with Gasteiger partial charge in [0.05, 0.1) is 0 Å². The first kappa shape index (κ1) is 8.95. The van der Waals surface area contributed by atoms with E-state index in [4.69, 9.17) is 0 Å². The predicted octanol–water partition coefficient (Wildman–Crippen LogP) is 1.21. The number of carbonyl (C=O) groups is 1. The fraction of sp³-hybridized carbons (Fsp3) is 0.375. The Morgan fingerprint density at radius 1 is 1.40 bits per heavy atom. The summed E-state index contributed by atoms with van der Waals surface area (Å²) in [6.07, 6.45) is 6.32. The molecule has 0 atom stereocenters. The van der Waals surface area contributed by atoms with E-state index in [1.807, 2.05) is 31.3 Å². The number of hydrogen-bond donors (Lipinski definition) is 0. The maximum Gasteiger partial charge on any atom is 0.145 e. The van der Waals surface area contributed by atoms with Crippen molar-refractivity contribution < 1.29 is 4.79 Å². The quantitative estimate of drug-likeness (QED) is 0.333. The van der Waals surface area contributed by atoms with Crippen molar-refractivity contribution >= 4 is 6.29 Å². The van der Waals surface area contributed by atoms with Crippen molar-refractivity contribution in [2.75, 3.05) is 14.1 Å². The third-order valence-corrected chi connectivity index (χ3v) is 0.929. The number of allylic oxidation sites excluding steroid dienone is 3. The summed E-state index contributed by atoms with van der Waals surface area (Å²) in [6.45, 7) is 1.77. The van der Waals surface area contributed by atoms with E-state index in [0.29, 0.717) is 0 Å². The minimum Gasteiger partial charge on any atom is -0.383 e. The number of aldehydes is 1. The molecule has 56 valence electrons. The van der Waals surface area contributed by atoms with E-state index in [1.165, 1.54) is 0 Å². The average molecular weight is 139 g/mol. The third-order valence-electron chi connectivity index (χ3n) is 0.929. The molecule has 10 heavy (non-hydrogen) atoms. The van der Waals surface area contributed by atoms with Gasteiger partial charge in [0.1, 0.15) is 6.29 Å². The largest absolute Gasteiger partial charge is 0.383 e. The van der Waals surface area contributed by atoms with Crippen LogP contribution in [0.1, 0.15) is 6.92 Å². The smallest absolute Gasteiger partial charge is 0.145 e. The molecule has 2 nitrogen and oxygen atoms in total. The topological polar surface area (TPSA) is 20.3 Å². The van der Waals surface area contributed by atoms with E-state index >= 15 is 0 Å². The molecule has 0 aliphatic rings. The second kappa shape index (κ2) is 4.79. The second-order valence-corrected chi connectivity index (χ2v) is 2.33. The SMILES string of the molecule is C/C(C=O)=C\C=C\N(C)C. The van der Waals surface area contributed by atoms with Crippen molar-refractivity contribution in [1.82, 2.24) is 4.90 Å². The molecule has 0 N–H and O–H groups in total. The number of rotatable bonds is 3. The van der Waals surface area contributed by atoms with Gasteiger partial charge in [-0.1, -0.05) is 6.08 Å². The first-order valence-corrected chi connectivity index (χ1v) is 3.13. The number of hydrogen-bond acceptors (Lipinski definition) is 2. The molecule has 2 heteroatoms. The van der Waals surface area contributed by atoms with Gasteiger partial charge >= 0.3 is 0 Å². The van der Waals surface area contributed by atoms with Gasteiger partial charge in [0, 0.05) is 14.1 Å². The van der Waals surface area contributed by atoms with Gasteiger partial charge in [-0.15, -0.1) is 0 Å². The van der Waals surface area contributed by atoms with Crippen LogP contribution < -0.4 is 0 Å². The lowest BCUT2D eigenvalue weighted by Crippen LogP contribution is -1.99. The second-order valence-electron chi connectivity index (χ2n) is 2.33. The van der Waals surface area contributed by atoms with Crippen LogP contribution in [0.15, 0.2) is 23.9 Å². The molecule has 0 aromatic rings. The van der Waals surface area contributed by atoms with Crippen LogP contribution in [-0.2, 0) is 4.79 Å². The molecule has 0 radical (unpaired) electrons. The molecular formula is C8H13NO. The first-order chi connectivity index (χ1) is 4.66. The number of carbonyl (C=O) groups excluding carboxylic acids is 1. The predicted molar refractivity (Wildman–Crippen MR) is 42.6 cm³/mol. The van der Waals surface area contributed by atoms with E-state index in [1.54, 1.807) is 13.0 Å². The summed E-state index contributed by atoms with van der Waals surface area (Å²) in [7, 11) is 3.86. The van der Waals surface area contributed by atoms with Crippen LogP contribution in [-0.4, -0.2) is 25.3 Å². The van der Waals surface area contributed by atoms with Crippen LogP contribution in [0.2, 0.25) is 0 Å². The fourth-order valence-corrected chi connectivity index (χ4v) is 0.406. The summed E-state index contributed by atoms with van der Waals surface area (Å²) >= 11 is 0. The Kier molecular flexibility index (Phi) is 4.29. The lowest BCUT2D eigenvalue weighted by atomic mass is 10.3. The Balaban J connectivity index is 3.81. The minimum atomic E-state index is 0.734. The highest BCUT2D eigenvalue weighted by atomic mass is 16.1. The number of nitrogens with zero attached hydrogens (tertiary/aromatic N) is 1. The molecule has 0 rings (SSSR count). The van der Waals surface area contributed by atoms with Crippen molar-refractivity contribution in [2.24, 2.45) is 0 Å². The molecule has 0 spiro atoms. The summed E-state index contributed by atoms with van der Waals surface area (Å²) in [4.78, 5) is 12.0. The van der Waals surface area contributed by atoms with Crippen molar-refractivity contribution in [3.8, 4) is 0 Å². The average Bonchev–Trinajstić information content (AvgIpc) is 1.87. The van der Waals surface area contributed by atoms with Gasteiger partial charge in [-0.2, -0.15) is 0 Å². The first-order valence-electron chi connectivity index (χ1n) is 3.13. The molecule has 0 heterocycles. The van der Waals surface area contributed by atoms with Gasteiger partial charge in [-0.05, 0) is 24.8 Å². The lowest BCUT2D eigenvalue weighted by molar-refractivity contribution is -0.104. The zero-order chi connectivity index (χ0) is 7.98. The molecule has 0 unspecified atom stereocenters. The molecule has 0 saturated carbocycles. The molecular weight excluding hydrogens is 126 g/mol. The molecule has 0 aliphatic heterocycles. The van der Waals surface area contributed by atoms with Crippen molar-refractivity contribution in [3.63, 3.8) is 0 Å². The zero-order valence-electron chi connectivity index (χ0n) is 6.66. The van der Waals surface area contributed by atoms with Gasteiger partial charge in [0.15, 0.2) is 0 Å². The van der Waals surface area contributed by atoms with Gasteiger partial charge in [0.2, 0.25) is 0 Å². The van der Waals surface area contributed by atoms with Crippen LogP contribution in [0.4, 0.5) is 0 Å². The normalized spacial score (nSPS) is 12.1. The maximum absolute atomic E-state index is 10.1. The zero-order valence-corrected chi connectivity index (χ0v) is 6.66. The highest BCUT2D eigenvalue weighted by molar-refractivity contribution is 5.72. The van der Waals surface area contributed by atoms with Crippen LogP contribution in [0.5, 0.6) is 0 Å². The Labute approximate surface area is 61.8 Å². The molecule has 0 saturated heterocycles. The van der Waals surface area contributed by atoms with Crippen molar-refractivity contribution in [2.45, 2.75) is 6.92 Å². The van der Waals surface area contributed by atoms with Crippen LogP contribution in [0.3, 0.4) is 0 Å². The van der Waals surface area contributed by atoms with E-state index in [-0.39, 0.29) is 0 Å². The summed E-state index contributed by atoms with van der Waals surface area (Å²) in [5.41, 5.74) is 0.734. The standard InChI is InChI=1S/C8H13NO/c1-8(7-10)5-4-6-9(2)3/h4-7H,1-3H3/b6-4+,8-5+. The molecule has 0 bridgehead atoms. The highest BCUT2D eigenvalue weighted by Gasteiger charge is 1.78. The Bertz CT molecular complexity index is 157. The Hall–Kier alpha value is -1.05. The van der Waals surface area contributed by atoms with Crippen molar-refractivity contribution in [3.05, 3.63) is 23.9 Å². The monoisotopic (exact) mass is 139 g/mol. The summed E-state index contributed by atoms with van der Waals surface area (Å²) < 4.78 is 0. The van der Waals surface area contributed by atoms with Crippen LogP contribution >= 0.6 is 0 Å².